The molecular formula is C22H35F2N5O2. The van der Waals surface area contributed by atoms with E-state index in [1.807, 2.05) is 19.9 Å². The van der Waals surface area contributed by atoms with Crippen LogP contribution in [0.25, 0.3) is 0 Å². The molecule has 1 aromatic rings. The van der Waals surface area contributed by atoms with Gasteiger partial charge in [0.15, 0.2) is 5.96 Å². The third-order valence-electron chi connectivity index (χ3n) is 5.37. The highest BCUT2D eigenvalue weighted by molar-refractivity contribution is 5.79. The SMILES string of the molecule is CCNC(=NCc1cc(C)ccc1OC(F)F)NCCCCN1CCC(C(N)=O)CC1. The Balaban J connectivity index is 1.77. The van der Waals surface area contributed by atoms with Crippen molar-refractivity contribution in [3.8, 4) is 5.75 Å². The Bertz CT molecular complexity index is 722. The maximum atomic E-state index is 12.6. The number of nitrogens with zero attached hydrogens (tertiary/aromatic N) is 2. The lowest BCUT2D eigenvalue weighted by Crippen LogP contribution is -2.39. The molecule has 7 nitrogen and oxygen atoms in total. The van der Waals surface area contributed by atoms with Crippen molar-refractivity contribution < 1.29 is 18.3 Å². The summed E-state index contributed by atoms with van der Waals surface area (Å²) < 4.78 is 29.9. The molecule has 1 fully saturated rings. The number of piperidine rings is 1. The van der Waals surface area contributed by atoms with Gasteiger partial charge in [-0.05, 0) is 65.2 Å². The number of benzene rings is 1. The number of nitrogens with one attached hydrogen (secondary N) is 2. The first kappa shape index (κ1) is 24.8. The Morgan fingerprint density at radius 3 is 2.68 bits per heavy atom. The summed E-state index contributed by atoms with van der Waals surface area (Å²) in [4.78, 5) is 18.1. The highest BCUT2D eigenvalue weighted by atomic mass is 19.3. The van der Waals surface area contributed by atoms with Gasteiger partial charge >= 0.3 is 6.61 Å². The van der Waals surface area contributed by atoms with Crippen LogP contribution in [0.5, 0.6) is 5.75 Å². The minimum atomic E-state index is -2.86. The average molecular weight is 440 g/mol. The number of amides is 1. The van der Waals surface area contributed by atoms with Crippen molar-refractivity contribution in [2.75, 3.05) is 32.7 Å². The molecule has 0 radical (unpaired) electrons. The molecule has 0 spiro atoms. The average Bonchev–Trinajstić information content (AvgIpc) is 2.73. The fourth-order valence-electron chi connectivity index (χ4n) is 3.66. The summed E-state index contributed by atoms with van der Waals surface area (Å²) in [6.45, 7) is 5.57. The molecule has 31 heavy (non-hydrogen) atoms. The Morgan fingerprint density at radius 1 is 1.29 bits per heavy atom. The van der Waals surface area contributed by atoms with Gasteiger partial charge in [0.1, 0.15) is 5.75 Å². The summed E-state index contributed by atoms with van der Waals surface area (Å²) in [6, 6.07) is 5.11. The molecule has 1 heterocycles. The lowest BCUT2D eigenvalue weighted by Gasteiger charge is -2.30. The number of carbonyl (C=O) groups is 1. The molecule has 1 aromatic carbocycles. The maximum Gasteiger partial charge on any atom is 0.387 e. The smallest absolute Gasteiger partial charge is 0.387 e. The van der Waals surface area contributed by atoms with Crippen LogP contribution in [0.2, 0.25) is 0 Å². The number of aliphatic imine (C=N–C) groups is 1. The lowest BCUT2D eigenvalue weighted by atomic mass is 9.96. The number of rotatable bonds is 11. The highest BCUT2D eigenvalue weighted by Crippen LogP contribution is 2.23. The summed E-state index contributed by atoms with van der Waals surface area (Å²) in [7, 11) is 0. The second kappa shape index (κ2) is 13.1. The number of ether oxygens (including phenoxy) is 1. The summed E-state index contributed by atoms with van der Waals surface area (Å²) in [6.07, 6.45) is 3.71. The number of unbranched alkanes of at least 4 members (excludes halogenated alkanes) is 1. The Kier molecular flexibility index (Phi) is 10.5. The van der Waals surface area contributed by atoms with Gasteiger partial charge in [-0.3, -0.25) is 4.79 Å². The van der Waals surface area contributed by atoms with E-state index in [4.69, 9.17) is 5.73 Å². The summed E-state index contributed by atoms with van der Waals surface area (Å²) in [5.74, 6) is 0.643. The first-order valence-electron chi connectivity index (χ1n) is 11.0. The van der Waals surface area contributed by atoms with E-state index < -0.39 is 6.61 Å². The second-order valence-corrected chi connectivity index (χ2v) is 7.84. The third-order valence-corrected chi connectivity index (χ3v) is 5.37. The first-order chi connectivity index (χ1) is 14.9. The van der Waals surface area contributed by atoms with Gasteiger partial charge in [0.25, 0.3) is 0 Å². The third kappa shape index (κ3) is 9.08. The molecule has 4 N–H and O–H groups in total. The van der Waals surface area contributed by atoms with Crippen molar-refractivity contribution >= 4 is 11.9 Å². The molecule has 1 aliphatic heterocycles. The Hall–Kier alpha value is -2.42. The quantitative estimate of drug-likeness (QED) is 0.280. The topological polar surface area (TPSA) is 92.0 Å². The minimum absolute atomic E-state index is 0.0248. The molecule has 2 rings (SSSR count). The number of aryl methyl sites for hydroxylation is 1. The van der Waals surface area contributed by atoms with E-state index in [1.165, 1.54) is 0 Å². The monoisotopic (exact) mass is 439 g/mol. The van der Waals surface area contributed by atoms with Gasteiger partial charge in [0, 0.05) is 24.6 Å². The largest absolute Gasteiger partial charge is 0.434 e. The van der Waals surface area contributed by atoms with Crippen molar-refractivity contribution in [3.05, 3.63) is 29.3 Å². The van der Waals surface area contributed by atoms with Gasteiger partial charge in [-0.2, -0.15) is 8.78 Å². The van der Waals surface area contributed by atoms with E-state index in [2.05, 4.69) is 25.3 Å². The van der Waals surface area contributed by atoms with Gasteiger partial charge in [0.05, 0.1) is 6.54 Å². The number of carbonyl (C=O) groups excluding carboxylic acids is 1. The molecule has 0 aliphatic carbocycles. The number of alkyl halides is 2. The van der Waals surface area contributed by atoms with Gasteiger partial charge in [-0.25, -0.2) is 4.99 Å². The van der Waals surface area contributed by atoms with E-state index in [-0.39, 0.29) is 24.1 Å². The summed E-state index contributed by atoms with van der Waals surface area (Å²) in [5, 5.41) is 6.47. The van der Waals surface area contributed by atoms with Crippen molar-refractivity contribution in [2.24, 2.45) is 16.6 Å². The highest BCUT2D eigenvalue weighted by Gasteiger charge is 2.22. The van der Waals surface area contributed by atoms with E-state index >= 15 is 0 Å². The number of guanidine groups is 1. The van der Waals surface area contributed by atoms with Gasteiger partial charge in [0.2, 0.25) is 5.91 Å². The van der Waals surface area contributed by atoms with E-state index in [1.54, 1.807) is 12.1 Å². The van der Waals surface area contributed by atoms with Crippen LogP contribution in [0.3, 0.4) is 0 Å². The molecule has 174 valence electrons. The van der Waals surface area contributed by atoms with E-state index in [0.717, 1.165) is 57.4 Å². The Morgan fingerprint density at radius 2 is 2.03 bits per heavy atom. The maximum absolute atomic E-state index is 12.6. The van der Waals surface area contributed by atoms with Crippen molar-refractivity contribution in [2.45, 2.75) is 52.7 Å². The standard InChI is InChI=1S/C22H35F2N5O2/c1-3-26-22(28-15-18-14-16(2)6-7-19(18)31-21(23)24)27-10-4-5-11-29-12-8-17(9-13-29)20(25)30/h6-7,14,17,21H,3-5,8-13,15H2,1-2H3,(H2,25,30)(H2,26,27,28). The zero-order chi connectivity index (χ0) is 22.6. The predicted octanol–water partition coefficient (Wildman–Crippen LogP) is 2.63. The lowest BCUT2D eigenvalue weighted by molar-refractivity contribution is -0.123. The first-order valence-corrected chi connectivity index (χ1v) is 11.0. The molecule has 0 atom stereocenters. The molecule has 0 aromatic heterocycles. The van der Waals surface area contributed by atoms with Crippen LogP contribution in [-0.4, -0.2) is 56.1 Å². The molecule has 0 saturated carbocycles. The number of primary amides is 1. The zero-order valence-corrected chi connectivity index (χ0v) is 18.5. The van der Waals surface area contributed by atoms with Gasteiger partial charge in [-0.1, -0.05) is 17.7 Å². The molecular weight excluding hydrogens is 404 g/mol. The predicted molar refractivity (Wildman–Crippen MR) is 118 cm³/mol. The molecule has 9 heteroatoms. The number of hydrogen-bond donors (Lipinski definition) is 3. The van der Waals surface area contributed by atoms with E-state index in [0.29, 0.717) is 18.1 Å². The van der Waals surface area contributed by atoms with Crippen LogP contribution in [0.15, 0.2) is 23.2 Å². The number of halogens is 2. The Labute approximate surface area is 183 Å². The van der Waals surface area contributed by atoms with Crippen molar-refractivity contribution in [1.29, 1.82) is 0 Å². The number of nitrogens with two attached hydrogens (primary N) is 1. The second-order valence-electron chi connectivity index (χ2n) is 7.84. The minimum Gasteiger partial charge on any atom is -0.434 e. The van der Waals surface area contributed by atoms with Crippen LogP contribution in [0.4, 0.5) is 8.78 Å². The van der Waals surface area contributed by atoms with E-state index in [9.17, 15) is 13.6 Å². The summed E-state index contributed by atoms with van der Waals surface area (Å²) >= 11 is 0. The molecule has 1 amide bonds. The van der Waals surface area contributed by atoms with Crippen LogP contribution in [0, 0.1) is 12.8 Å². The molecule has 1 saturated heterocycles. The van der Waals surface area contributed by atoms with Crippen LogP contribution in [0.1, 0.15) is 43.7 Å². The van der Waals surface area contributed by atoms with Crippen LogP contribution < -0.4 is 21.1 Å². The number of hydrogen-bond acceptors (Lipinski definition) is 4. The normalized spacial score (nSPS) is 15.8. The molecule has 0 bridgehead atoms. The van der Waals surface area contributed by atoms with Crippen LogP contribution >= 0.6 is 0 Å². The summed E-state index contributed by atoms with van der Waals surface area (Å²) in [5.41, 5.74) is 6.97. The number of likely N-dealkylation sites (tertiary alicyclic amines) is 1. The molecule has 0 unspecified atom stereocenters. The van der Waals surface area contributed by atoms with Crippen LogP contribution in [-0.2, 0) is 11.3 Å². The molecule has 1 aliphatic rings. The fourth-order valence-corrected chi connectivity index (χ4v) is 3.66. The van der Waals surface area contributed by atoms with Gasteiger partial charge < -0.3 is 26.0 Å². The van der Waals surface area contributed by atoms with Crippen molar-refractivity contribution in [3.63, 3.8) is 0 Å². The fraction of sp³-hybridized carbons (Fsp3) is 0.636. The van der Waals surface area contributed by atoms with Crippen molar-refractivity contribution in [1.82, 2.24) is 15.5 Å². The zero-order valence-electron chi connectivity index (χ0n) is 18.5. The van der Waals surface area contributed by atoms with Gasteiger partial charge in [-0.15, -0.1) is 0 Å².